The van der Waals surface area contributed by atoms with Gasteiger partial charge in [0.2, 0.25) is 0 Å². The maximum Gasteiger partial charge on any atom is 0.438 e. The van der Waals surface area contributed by atoms with E-state index in [9.17, 15) is 83.8 Å². The summed E-state index contributed by atoms with van der Waals surface area (Å²) in [5.41, 5.74) is 0. The lowest BCUT2D eigenvalue weighted by Crippen LogP contribution is -2.64. The zero-order valence-corrected chi connectivity index (χ0v) is 33.3. The van der Waals surface area contributed by atoms with Gasteiger partial charge in [-0.1, -0.05) is 54.6 Å². The van der Waals surface area contributed by atoms with Gasteiger partial charge in [-0.2, -0.15) is 35.1 Å². The monoisotopic (exact) mass is 942 g/mol. The number of halogens is 8. The van der Waals surface area contributed by atoms with Crippen LogP contribution in [-0.2, 0) is 44.7 Å². The molecule has 3 aromatic rings. The van der Waals surface area contributed by atoms with E-state index in [-0.39, 0.29) is 10.9 Å². The molecule has 2 aliphatic heterocycles. The van der Waals surface area contributed by atoms with Crippen LogP contribution in [0.5, 0.6) is 0 Å². The van der Waals surface area contributed by atoms with Gasteiger partial charge >= 0.3 is 23.4 Å². The molecule has 62 heavy (non-hydrogen) atoms. The Morgan fingerprint density at radius 1 is 0.613 bits per heavy atom. The molecule has 0 radical (unpaired) electrons. The first-order valence-corrected chi connectivity index (χ1v) is 20.8. The molecular formula is C37H42F8O15S2. The highest BCUT2D eigenvalue weighted by Crippen LogP contribution is 2.48. The predicted octanol–water partition coefficient (Wildman–Crippen LogP) is 2.16. The average molecular weight is 943 g/mol. The third kappa shape index (κ3) is 12.0. The van der Waals surface area contributed by atoms with Crippen molar-refractivity contribution in [2.24, 2.45) is 0 Å². The summed E-state index contributed by atoms with van der Waals surface area (Å²) >= 11 is 0. The van der Waals surface area contributed by atoms with E-state index in [4.69, 9.17) is 18.9 Å². The molecule has 15 nitrogen and oxygen atoms in total. The van der Waals surface area contributed by atoms with Crippen LogP contribution in [0.4, 0.5) is 35.1 Å². The van der Waals surface area contributed by atoms with Crippen LogP contribution in [0.2, 0.25) is 0 Å². The van der Waals surface area contributed by atoms with Crippen LogP contribution in [0.15, 0.2) is 106 Å². The normalized spacial score (nSPS) is 27.7. The van der Waals surface area contributed by atoms with Gasteiger partial charge in [0.25, 0.3) is 0 Å². The van der Waals surface area contributed by atoms with Crippen LogP contribution in [0.25, 0.3) is 0 Å². The molecule has 7 N–H and O–H groups in total. The Hall–Kier alpha value is -3.12. The SMILES string of the molecule is O=S(=O)([O-])C(F)(F)C(F)(F)OC(F)(F)C(F)(F)CCCO[C@@H]1OC(CO)[C@@H](O[C@@H]2OC(CO)[C@@H](O)[C@H](O)C2O)[C@H](O)C1O.c1ccc([S+](c2ccccc2)c2ccccc2)cc1. The Morgan fingerprint density at radius 3 is 1.48 bits per heavy atom. The number of alkyl halides is 8. The smallest absolute Gasteiger partial charge is 0.438 e. The topological polar surface area (TPSA) is 245 Å². The van der Waals surface area contributed by atoms with Crippen molar-refractivity contribution in [1.29, 1.82) is 0 Å². The maximum atomic E-state index is 13.9. The minimum absolute atomic E-state index is 0.0146. The Morgan fingerprint density at radius 2 is 1.05 bits per heavy atom. The van der Waals surface area contributed by atoms with E-state index < -0.39 is 128 Å². The summed E-state index contributed by atoms with van der Waals surface area (Å²) in [4.78, 5) is 4.08. The van der Waals surface area contributed by atoms with Crippen LogP contribution >= 0.6 is 0 Å². The highest BCUT2D eigenvalue weighted by molar-refractivity contribution is 7.97. The quantitative estimate of drug-likeness (QED) is 0.0444. The van der Waals surface area contributed by atoms with E-state index in [0.717, 1.165) is 0 Å². The van der Waals surface area contributed by atoms with Gasteiger partial charge in [0.05, 0.1) is 30.7 Å². The summed E-state index contributed by atoms with van der Waals surface area (Å²) in [6, 6.07) is 32.2. The molecule has 0 spiro atoms. The van der Waals surface area contributed by atoms with Gasteiger partial charge in [-0.3, -0.25) is 0 Å². The summed E-state index contributed by atoms with van der Waals surface area (Å²) in [6.07, 6.45) is -35.6. The van der Waals surface area contributed by atoms with Gasteiger partial charge in [0.15, 0.2) is 37.4 Å². The van der Waals surface area contributed by atoms with E-state index in [0.29, 0.717) is 0 Å². The van der Waals surface area contributed by atoms with Crippen molar-refractivity contribution in [1.82, 2.24) is 0 Å². The Kier molecular flexibility index (Phi) is 17.7. The van der Waals surface area contributed by atoms with Gasteiger partial charge in [0, 0.05) is 6.42 Å². The van der Waals surface area contributed by atoms with Crippen molar-refractivity contribution >= 4 is 21.0 Å². The van der Waals surface area contributed by atoms with Gasteiger partial charge < -0.3 is 59.2 Å². The Balaban J connectivity index is 0.000000365. The highest BCUT2D eigenvalue weighted by atomic mass is 32.2. The molecule has 0 saturated carbocycles. The molecular weight excluding hydrogens is 901 g/mol. The lowest BCUT2D eigenvalue weighted by Gasteiger charge is -2.45. The summed E-state index contributed by atoms with van der Waals surface area (Å²) in [6.45, 7) is -3.01. The van der Waals surface area contributed by atoms with Crippen molar-refractivity contribution in [3.8, 4) is 0 Å². The van der Waals surface area contributed by atoms with E-state index >= 15 is 0 Å². The van der Waals surface area contributed by atoms with Crippen molar-refractivity contribution in [3.63, 3.8) is 0 Å². The van der Waals surface area contributed by atoms with Gasteiger partial charge in [-0.05, 0) is 42.8 Å². The molecule has 2 heterocycles. The molecule has 25 heteroatoms. The first-order valence-electron chi connectivity index (χ1n) is 18.2. The van der Waals surface area contributed by atoms with Crippen molar-refractivity contribution in [2.45, 2.75) is 112 Å². The summed E-state index contributed by atoms with van der Waals surface area (Å²) in [5, 5.41) is 62.3. The van der Waals surface area contributed by atoms with E-state index in [1.807, 2.05) is 0 Å². The van der Waals surface area contributed by atoms with E-state index in [2.05, 4.69) is 95.7 Å². The minimum Gasteiger partial charge on any atom is -0.743 e. The summed E-state index contributed by atoms with van der Waals surface area (Å²) in [7, 11) is -7.36. The Labute approximate surface area is 351 Å². The minimum atomic E-state index is -7.34. The number of benzene rings is 3. The zero-order valence-electron chi connectivity index (χ0n) is 31.7. The molecule has 4 unspecified atom stereocenters. The number of aliphatic hydroxyl groups excluding tert-OH is 7. The fraction of sp³-hybridized carbons (Fsp3) is 0.514. The molecule has 10 atom stereocenters. The lowest BCUT2D eigenvalue weighted by atomic mass is 9.97. The lowest BCUT2D eigenvalue weighted by molar-refractivity contribution is -0.456. The fourth-order valence-corrected chi connectivity index (χ4v) is 8.29. The van der Waals surface area contributed by atoms with Crippen LogP contribution in [0, 0.1) is 0 Å². The first-order chi connectivity index (χ1) is 28.9. The standard InChI is InChI=1S/C19H28F8O15S.C18H15S/c20-16(21,17(22,23)42-18(24,25)19(26,27)43(35,36)37)2-1-3-38-14-12(34)10(32)13(7(5-29)40-14)41-15-11(33)9(31)8(30)6(4-28)39-15;1-4-10-16(11-5-1)19(17-12-6-2-7-13-17)18-14-8-3-9-15-18/h6-15,28-34H,1-5H2,(H,35,36,37);1-15H/q;+1/p-1/t6?,7?,8-,9+,10-,11?,12?,13-,14-,15+;/m1./s1. The molecule has 2 aliphatic rings. The number of rotatable bonds is 17. The summed E-state index contributed by atoms with van der Waals surface area (Å²) in [5.74, 6) is -5.70. The van der Waals surface area contributed by atoms with Gasteiger partial charge in [0.1, 0.15) is 48.8 Å². The molecule has 348 valence electrons. The van der Waals surface area contributed by atoms with Crippen LogP contribution in [-0.4, -0.2) is 153 Å². The van der Waals surface area contributed by atoms with E-state index in [1.54, 1.807) is 0 Å². The maximum absolute atomic E-state index is 13.9. The van der Waals surface area contributed by atoms with Crippen LogP contribution in [0.3, 0.4) is 0 Å². The molecule has 5 rings (SSSR count). The fourth-order valence-electron chi connectivity index (χ4n) is 5.85. The molecule has 0 aromatic heterocycles. The second-order valence-electron chi connectivity index (χ2n) is 13.5. The summed E-state index contributed by atoms with van der Waals surface area (Å²) < 4.78 is 161. The van der Waals surface area contributed by atoms with Crippen molar-refractivity contribution in [3.05, 3.63) is 91.0 Å². The van der Waals surface area contributed by atoms with Crippen LogP contribution < -0.4 is 0 Å². The number of hydrogen-bond donors (Lipinski definition) is 7. The molecule has 0 bridgehead atoms. The number of aliphatic hydroxyl groups is 7. The first kappa shape index (κ1) is 51.5. The number of hydrogen-bond acceptors (Lipinski definition) is 15. The second kappa shape index (κ2) is 21.2. The van der Waals surface area contributed by atoms with Crippen LogP contribution in [0.1, 0.15) is 12.8 Å². The second-order valence-corrected chi connectivity index (χ2v) is 17.0. The Bertz CT molecular complexity index is 1830. The molecule has 2 fully saturated rings. The third-order valence-corrected chi connectivity index (χ3v) is 12.2. The molecule has 0 amide bonds. The molecule has 2 saturated heterocycles. The third-order valence-electron chi connectivity index (χ3n) is 9.15. The average Bonchev–Trinajstić information content (AvgIpc) is 3.22. The zero-order chi connectivity index (χ0) is 46.3. The molecule has 3 aromatic carbocycles. The van der Waals surface area contributed by atoms with Crippen molar-refractivity contribution < 1.29 is 108 Å². The highest BCUT2D eigenvalue weighted by Gasteiger charge is 2.71. The number of ether oxygens (including phenoxy) is 5. The predicted molar refractivity (Wildman–Crippen MR) is 194 cm³/mol. The van der Waals surface area contributed by atoms with Gasteiger partial charge in [-0.25, -0.2) is 13.2 Å². The van der Waals surface area contributed by atoms with E-state index in [1.165, 1.54) is 14.7 Å². The molecule has 0 aliphatic carbocycles. The largest absolute Gasteiger partial charge is 0.743 e. The van der Waals surface area contributed by atoms with Crippen molar-refractivity contribution in [2.75, 3.05) is 19.8 Å². The van der Waals surface area contributed by atoms with Gasteiger partial charge in [-0.15, -0.1) is 0 Å².